The number of benzene rings is 1. The average molecular weight is 218 g/mol. The molecular formula is C11H11FN4. The number of hydrogen-bond acceptors (Lipinski definition) is 4. The van der Waals surface area contributed by atoms with E-state index in [-0.39, 0.29) is 11.8 Å². The number of aromatic nitrogens is 2. The Balaban J connectivity index is 2.30. The first-order valence-corrected chi connectivity index (χ1v) is 4.77. The highest BCUT2D eigenvalue weighted by Gasteiger charge is 2.04. The van der Waals surface area contributed by atoms with E-state index in [1.54, 1.807) is 18.2 Å². The highest BCUT2D eigenvalue weighted by atomic mass is 19.1. The van der Waals surface area contributed by atoms with Crippen LogP contribution in [0.15, 0.2) is 30.5 Å². The summed E-state index contributed by atoms with van der Waals surface area (Å²) in [6.07, 6.45) is 1.51. The number of anilines is 3. The number of rotatable bonds is 2. The highest BCUT2D eigenvalue weighted by molar-refractivity contribution is 5.56. The lowest BCUT2D eigenvalue weighted by Gasteiger charge is -2.06. The first kappa shape index (κ1) is 10.4. The van der Waals surface area contributed by atoms with E-state index in [4.69, 9.17) is 5.73 Å². The summed E-state index contributed by atoms with van der Waals surface area (Å²) in [5.41, 5.74) is 6.79. The van der Waals surface area contributed by atoms with Crippen LogP contribution >= 0.6 is 0 Å². The first-order valence-electron chi connectivity index (χ1n) is 4.77. The zero-order valence-corrected chi connectivity index (χ0v) is 8.74. The van der Waals surface area contributed by atoms with Crippen molar-refractivity contribution in [1.29, 1.82) is 0 Å². The van der Waals surface area contributed by atoms with Crippen LogP contribution in [0.1, 0.15) is 5.56 Å². The van der Waals surface area contributed by atoms with Crippen LogP contribution < -0.4 is 11.1 Å². The summed E-state index contributed by atoms with van der Waals surface area (Å²) in [5, 5.41) is 2.78. The maximum Gasteiger partial charge on any atom is 0.229 e. The molecule has 4 nitrogen and oxygen atoms in total. The van der Waals surface area contributed by atoms with Crippen LogP contribution in [0.3, 0.4) is 0 Å². The molecular weight excluding hydrogens is 207 g/mol. The first-order chi connectivity index (χ1) is 7.65. The Bertz CT molecular complexity index is 513. The molecule has 0 radical (unpaired) electrons. The number of hydrogen-bond donors (Lipinski definition) is 2. The van der Waals surface area contributed by atoms with Gasteiger partial charge in [0.1, 0.15) is 11.6 Å². The lowest BCUT2D eigenvalue weighted by Crippen LogP contribution is -2.01. The van der Waals surface area contributed by atoms with Gasteiger partial charge in [0.15, 0.2) is 0 Å². The van der Waals surface area contributed by atoms with E-state index in [1.807, 2.05) is 6.92 Å². The maximum absolute atomic E-state index is 13.4. The molecule has 0 atom stereocenters. The zero-order valence-electron chi connectivity index (χ0n) is 8.74. The quantitative estimate of drug-likeness (QED) is 0.811. The van der Waals surface area contributed by atoms with Gasteiger partial charge in [-0.05, 0) is 30.7 Å². The van der Waals surface area contributed by atoms with Gasteiger partial charge in [-0.1, -0.05) is 6.07 Å². The Kier molecular flexibility index (Phi) is 2.68. The lowest BCUT2D eigenvalue weighted by atomic mass is 10.2. The predicted octanol–water partition coefficient (Wildman–Crippen LogP) is 2.25. The third kappa shape index (κ3) is 2.25. The Morgan fingerprint density at radius 2 is 2.12 bits per heavy atom. The molecule has 2 aromatic rings. The van der Waals surface area contributed by atoms with Crippen molar-refractivity contribution in [3.8, 4) is 0 Å². The van der Waals surface area contributed by atoms with Crippen molar-refractivity contribution in [2.75, 3.05) is 11.1 Å². The minimum atomic E-state index is -0.350. The molecule has 1 heterocycles. The number of nitrogens with one attached hydrogen (secondary N) is 1. The third-order valence-electron chi connectivity index (χ3n) is 2.05. The molecule has 5 heteroatoms. The normalized spacial score (nSPS) is 10.1. The molecule has 1 aromatic carbocycles. The van der Waals surface area contributed by atoms with E-state index >= 15 is 0 Å². The third-order valence-corrected chi connectivity index (χ3v) is 2.05. The Morgan fingerprint density at radius 1 is 1.31 bits per heavy atom. The van der Waals surface area contributed by atoms with Crippen LogP contribution in [0.5, 0.6) is 0 Å². The van der Waals surface area contributed by atoms with Crippen LogP contribution in [0.2, 0.25) is 0 Å². The molecule has 16 heavy (non-hydrogen) atoms. The van der Waals surface area contributed by atoms with Gasteiger partial charge in [0.2, 0.25) is 5.95 Å². The minimum Gasteiger partial charge on any atom is -0.384 e. The van der Waals surface area contributed by atoms with Gasteiger partial charge in [-0.15, -0.1) is 0 Å². The summed E-state index contributed by atoms with van der Waals surface area (Å²) >= 11 is 0. The van der Waals surface area contributed by atoms with Crippen LogP contribution in [0, 0.1) is 12.7 Å². The van der Waals surface area contributed by atoms with Crippen molar-refractivity contribution in [2.24, 2.45) is 0 Å². The topological polar surface area (TPSA) is 63.8 Å². The Hall–Kier alpha value is -2.17. The van der Waals surface area contributed by atoms with Gasteiger partial charge >= 0.3 is 0 Å². The van der Waals surface area contributed by atoms with Gasteiger partial charge in [0.05, 0.1) is 5.69 Å². The summed E-state index contributed by atoms with van der Waals surface area (Å²) in [4.78, 5) is 7.86. The van der Waals surface area contributed by atoms with Crippen LogP contribution in [-0.2, 0) is 0 Å². The van der Waals surface area contributed by atoms with Gasteiger partial charge in [0.25, 0.3) is 0 Å². The fourth-order valence-corrected chi connectivity index (χ4v) is 1.29. The second kappa shape index (κ2) is 4.14. The van der Waals surface area contributed by atoms with Crippen LogP contribution in [-0.4, -0.2) is 9.97 Å². The molecule has 0 aliphatic heterocycles. The molecule has 0 spiro atoms. The average Bonchev–Trinajstić information content (AvgIpc) is 2.24. The van der Waals surface area contributed by atoms with Crippen molar-refractivity contribution in [2.45, 2.75) is 6.92 Å². The molecule has 0 bridgehead atoms. The molecule has 0 amide bonds. The van der Waals surface area contributed by atoms with Crippen molar-refractivity contribution in [3.63, 3.8) is 0 Å². The largest absolute Gasteiger partial charge is 0.384 e. The van der Waals surface area contributed by atoms with E-state index in [9.17, 15) is 4.39 Å². The summed E-state index contributed by atoms with van der Waals surface area (Å²) in [5.74, 6) is 0.270. The molecule has 1 aromatic heterocycles. The van der Waals surface area contributed by atoms with Crippen LogP contribution in [0.4, 0.5) is 21.8 Å². The second-order valence-corrected chi connectivity index (χ2v) is 3.41. The SMILES string of the molecule is Cc1ccc(F)c(Nc2nccc(N)n2)c1. The number of nitrogen functional groups attached to an aromatic ring is 1. The maximum atomic E-state index is 13.4. The number of halogens is 1. The predicted molar refractivity (Wildman–Crippen MR) is 60.9 cm³/mol. The monoisotopic (exact) mass is 218 g/mol. The fraction of sp³-hybridized carbons (Fsp3) is 0.0909. The summed E-state index contributed by atoms with van der Waals surface area (Å²) in [6, 6.07) is 6.34. The minimum absolute atomic E-state index is 0.282. The zero-order chi connectivity index (χ0) is 11.5. The smallest absolute Gasteiger partial charge is 0.229 e. The molecule has 0 aliphatic carbocycles. The van der Waals surface area contributed by atoms with Gasteiger partial charge < -0.3 is 11.1 Å². The molecule has 2 rings (SSSR count). The molecule has 0 aliphatic rings. The van der Waals surface area contributed by atoms with E-state index in [0.717, 1.165) is 5.56 Å². The van der Waals surface area contributed by atoms with Crippen molar-refractivity contribution in [1.82, 2.24) is 9.97 Å². The molecule has 3 N–H and O–H groups in total. The summed E-state index contributed by atoms with van der Waals surface area (Å²) in [6.45, 7) is 1.88. The van der Waals surface area contributed by atoms with Crippen molar-refractivity contribution >= 4 is 17.5 Å². The van der Waals surface area contributed by atoms with Gasteiger partial charge in [-0.3, -0.25) is 0 Å². The number of nitrogens with two attached hydrogens (primary N) is 1. The van der Waals surface area contributed by atoms with E-state index in [0.29, 0.717) is 11.5 Å². The van der Waals surface area contributed by atoms with E-state index in [2.05, 4.69) is 15.3 Å². The van der Waals surface area contributed by atoms with Gasteiger partial charge in [0, 0.05) is 6.20 Å². The molecule has 0 unspecified atom stereocenters. The van der Waals surface area contributed by atoms with E-state index in [1.165, 1.54) is 12.3 Å². The van der Waals surface area contributed by atoms with Gasteiger partial charge in [-0.2, -0.15) is 4.98 Å². The Labute approximate surface area is 92.3 Å². The number of nitrogens with zero attached hydrogens (tertiary/aromatic N) is 2. The molecule has 0 saturated heterocycles. The second-order valence-electron chi connectivity index (χ2n) is 3.41. The van der Waals surface area contributed by atoms with Crippen molar-refractivity contribution < 1.29 is 4.39 Å². The Morgan fingerprint density at radius 3 is 2.88 bits per heavy atom. The van der Waals surface area contributed by atoms with E-state index < -0.39 is 0 Å². The van der Waals surface area contributed by atoms with Crippen molar-refractivity contribution in [3.05, 3.63) is 41.8 Å². The molecule has 82 valence electrons. The highest BCUT2D eigenvalue weighted by Crippen LogP contribution is 2.18. The summed E-state index contributed by atoms with van der Waals surface area (Å²) in [7, 11) is 0. The van der Waals surface area contributed by atoms with Gasteiger partial charge in [-0.25, -0.2) is 9.37 Å². The lowest BCUT2D eigenvalue weighted by molar-refractivity contribution is 0.631. The standard InChI is InChI=1S/C11H11FN4/c1-7-2-3-8(12)9(6-7)15-11-14-5-4-10(13)16-11/h2-6H,1H3,(H3,13,14,15,16). The number of aryl methyl sites for hydroxylation is 1. The van der Waals surface area contributed by atoms with Crippen LogP contribution in [0.25, 0.3) is 0 Å². The fourth-order valence-electron chi connectivity index (χ4n) is 1.29. The summed E-state index contributed by atoms with van der Waals surface area (Å²) < 4.78 is 13.4. The molecule has 0 saturated carbocycles. The molecule has 0 fully saturated rings.